The number of hydrogen-bond donors (Lipinski definition) is 0. The SMILES string of the molecule is CCOC(=O)C[C@H]1C=C[C@H](C)O1. The molecular weight excluding hydrogens is 156 g/mol. The summed E-state index contributed by atoms with van der Waals surface area (Å²) in [5, 5.41) is 0. The molecule has 1 aliphatic rings. The summed E-state index contributed by atoms with van der Waals surface area (Å²) in [5.74, 6) is -0.193. The fraction of sp³-hybridized carbons (Fsp3) is 0.667. The van der Waals surface area contributed by atoms with Gasteiger partial charge in [0.15, 0.2) is 0 Å². The third kappa shape index (κ3) is 2.66. The fourth-order valence-electron chi connectivity index (χ4n) is 1.15. The Morgan fingerprint density at radius 1 is 1.58 bits per heavy atom. The number of rotatable bonds is 3. The van der Waals surface area contributed by atoms with Crippen molar-refractivity contribution in [2.75, 3.05) is 6.61 Å². The first-order chi connectivity index (χ1) is 5.72. The van der Waals surface area contributed by atoms with E-state index in [1.54, 1.807) is 6.92 Å². The summed E-state index contributed by atoms with van der Waals surface area (Å²) in [4.78, 5) is 11.0. The van der Waals surface area contributed by atoms with E-state index in [2.05, 4.69) is 0 Å². The Morgan fingerprint density at radius 2 is 2.33 bits per heavy atom. The maximum atomic E-state index is 11.0. The van der Waals surface area contributed by atoms with Crippen LogP contribution in [-0.4, -0.2) is 24.8 Å². The van der Waals surface area contributed by atoms with Crippen LogP contribution in [0, 0.1) is 0 Å². The lowest BCUT2D eigenvalue weighted by Crippen LogP contribution is -2.16. The second kappa shape index (κ2) is 4.26. The molecule has 0 aromatic rings. The third-order valence-electron chi connectivity index (χ3n) is 1.66. The van der Waals surface area contributed by atoms with Gasteiger partial charge in [0.2, 0.25) is 0 Å². The van der Waals surface area contributed by atoms with Crippen molar-refractivity contribution >= 4 is 5.97 Å². The normalized spacial score (nSPS) is 27.5. The molecule has 0 unspecified atom stereocenters. The molecule has 0 bridgehead atoms. The van der Waals surface area contributed by atoms with E-state index >= 15 is 0 Å². The molecule has 0 spiro atoms. The first kappa shape index (κ1) is 9.26. The standard InChI is InChI=1S/C9H14O3/c1-3-11-9(10)6-8-5-4-7(2)12-8/h4-5,7-8H,3,6H2,1-2H3/t7-,8+/m0/s1. The van der Waals surface area contributed by atoms with Crippen molar-refractivity contribution in [3.05, 3.63) is 12.2 Å². The van der Waals surface area contributed by atoms with E-state index in [9.17, 15) is 4.79 Å². The second-order valence-electron chi connectivity index (χ2n) is 2.77. The van der Waals surface area contributed by atoms with Gasteiger partial charge in [-0.05, 0) is 13.8 Å². The van der Waals surface area contributed by atoms with E-state index < -0.39 is 0 Å². The van der Waals surface area contributed by atoms with Crippen LogP contribution in [0.1, 0.15) is 20.3 Å². The molecule has 68 valence electrons. The Kier molecular flexibility index (Phi) is 3.29. The molecule has 1 aliphatic heterocycles. The van der Waals surface area contributed by atoms with Crippen molar-refractivity contribution in [2.24, 2.45) is 0 Å². The largest absolute Gasteiger partial charge is 0.466 e. The Morgan fingerprint density at radius 3 is 2.83 bits per heavy atom. The van der Waals surface area contributed by atoms with Gasteiger partial charge in [-0.15, -0.1) is 0 Å². The lowest BCUT2D eigenvalue weighted by Gasteiger charge is -2.09. The van der Waals surface area contributed by atoms with E-state index in [1.165, 1.54) is 0 Å². The highest BCUT2D eigenvalue weighted by atomic mass is 16.5. The van der Waals surface area contributed by atoms with Gasteiger partial charge in [0.25, 0.3) is 0 Å². The minimum atomic E-state index is -0.193. The molecule has 0 N–H and O–H groups in total. The van der Waals surface area contributed by atoms with Gasteiger partial charge in [-0.1, -0.05) is 12.2 Å². The van der Waals surface area contributed by atoms with Crippen LogP contribution in [0.2, 0.25) is 0 Å². The predicted molar refractivity (Wildman–Crippen MR) is 44.7 cm³/mol. The smallest absolute Gasteiger partial charge is 0.308 e. The Hall–Kier alpha value is -0.830. The molecule has 2 atom stereocenters. The molecular formula is C9H14O3. The summed E-state index contributed by atoms with van der Waals surface area (Å²) in [6.07, 6.45) is 4.23. The van der Waals surface area contributed by atoms with Gasteiger partial charge in [-0.3, -0.25) is 4.79 Å². The third-order valence-corrected chi connectivity index (χ3v) is 1.66. The lowest BCUT2D eigenvalue weighted by atomic mass is 10.2. The minimum absolute atomic E-state index is 0.0842. The van der Waals surface area contributed by atoms with Gasteiger partial charge < -0.3 is 9.47 Å². The maximum Gasteiger partial charge on any atom is 0.308 e. The fourth-order valence-corrected chi connectivity index (χ4v) is 1.15. The van der Waals surface area contributed by atoms with Crippen LogP contribution in [0.5, 0.6) is 0 Å². The van der Waals surface area contributed by atoms with E-state index in [4.69, 9.17) is 9.47 Å². The van der Waals surface area contributed by atoms with Crippen LogP contribution < -0.4 is 0 Å². The van der Waals surface area contributed by atoms with Crippen molar-refractivity contribution < 1.29 is 14.3 Å². The molecule has 3 heteroatoms. The van der Waals surface area contributed by atoms with Crippen molar-refractivity contribution in [1.29, 1.82) is 0 Å². The molecule has 1 heterocycles. The van der Waals surface area contributed by atoms with Gasteiger partial charge in [-0.2, -0.15) is 0 Å². The van der Waals surface area contributed by atoms with Crippen molar-refractivity contribution in [3.8, 4) is 0 Å². The maximum absolute atomic E-state index is 11.0. The van der Waals surface area contributed by atoms with Gasteiger partial charge >= 0.3 is 5.97 Å². The van der Waals surface area contributed by atoms with Crippen molar-refractivity contribution in [1.82, 2.24) is 0 Å². The zero-order valence-corrected chi connectivity index (χ0v) is 7.45. The van der Waals surface area contributed by atoms with E-state index in [0.29, 0.717) is 13.0 Å². The zero-order valence-electron chi connectivity index (χ0n) is 7.45. The summed E-state index contributed by atoms with van der Waals surface area (Å²) >= 11 is 0. The van der Waals surface area contributed by atoms with Crippen LogP contribution in [0.4, 0.5) is 0 Å². The predicted octanol–water partition coefficient (Wildman–Crippen LogP) is 1.28. The molecule has 3 nitrogen and oxygen atoms in total. The highest BCUT2D eigenvalue weighted by Gasteiger charge is 2.18. The van der Waals surface area contributed by atoms with Crippen LogP contribution in [-0.2, 0) is 14.3 Å². The highest BCUT2D eigenvalue weighted by molar-refractivity contribution is 5.70. The number of hydrogen-bond acceptors (Lipinski definition) is 3. The van der Waals surface area contributed by atoms with Crippen molar-refractivity contribution in [2.45, 2.75) is 32.5 Å². The summed E-state index contributed by atoms with van der Waals surface area (Å²) in [7, 11) is 0. The molecule has 0 saturated heterocycles. The molecule has 1 rings (SSSR count). The Balaban J connectivity index is 2.24. The van der Waals surface area contributed by atoms with Crippen LogP contribution in [0.15, 0.2) is 12.2 Å². The van der Waals surface area contributed by atoms with Crippen LogP contribution in [0.25, 0.3) is 0 Å². The topological polar surface area (TPSA) is 35.5 Å². The van der Waals surface area contributed by atoms with E-state index in [1.807, 2.05) is 19.1 Å². The van der Waals surface area contributed by atoms with Gasteiger partial charge in [-0.25, -0.2) is 0 Å². The average molecular weight is 170 g/mol. The molecule has 0 fully saturated rings. The molecule has 0 aromatic carbocycles. The highest BCUT2D eigenvalue weighted by Crippen LogP contribution is 2.13. The molecule has 0 amide bonds. The quantitative estimate of drug-likeness (QED) is 0.473. The first-order valence-electron chi connectivity index (χ1n) is 4.21. The molecule has 12 heavy (non-hydrogen) atoms. The number of esters is 1. The monoisotopic (exact) mass is 170 g/mol. The summed E-state index contributed by atoms with van der Waals surface area (Å²) in [6.45, 7) is 4.18. The summed E-state index contributed by atoms with van der Waals surface area (Å²) < 4.78 is 10.2. The van der Waals surface area contributed by atoms with E-state index in [0.717, 1.165) is 0 Å². The van der Waals surface area contributed by atoms with Gasteiger partial charge in [0.1, 0.15) is 0 Å². The van der Waals surface area contributed by atoms with Gasteiger partial charge in [0.05, 0.1) is 25.2 Å². The Bertz CT molecular complexity index is 186. The summed E-state index contributed by atoms with van der Waals surface area (Å²) in [5.41, 5.74) is 0. The summed E-state index contributed by atoms with van der Waals surface area (Å²) in [6, 6.07) is 0. The first-order valence-corrected chi connectivity index (χ1v) is 4.21. The average Bonchev–Trinajstić information content (AvgIpc) is 2.36. The van der Waals surface area contributed by atoms with E-state index in [-0.39, 0.29) is 18.2 Å². The van der Waals surface area contributed by atoms with Crippen molar-refractivity contribution in [3.63, 3.8) is 0 Å². The Labute approximate surface area is 72.4 Å². The molecule has 0 aromatic heterocycles. The lowest BCUT2D eigenvalue weighted by molar-refractivity contribution is -0.145. The van der Waals surface area contributed by atoms with Gasteiger partial charge in [0, 0.05) is 0 Å². The number of carbonyl (C=O) groups is 1. The molecule has 0 aliphatic carbocycles. The number of ether oxygens (including phenoxy) is 2. The van der Waals surface area contributed by atoms with Crippen LogP contribution >= 0.6 is 0 Å². The minimum Gasteiger partial charge on any atom is -0.466 e. The molecule has 0 saturated carbocycles. The number of carbonyl (C=O) groups excluding carboxylic acids is 1. The van der Waals surface area contributed by atoms with Crippen LogP contribution in [0.3, 0.4) is 0 Å². The molecule has 0 radical (unpaired) electrons. The second-order valence-corrected chi connectivity index (χ2v) is 2.77. The zero-order chi connectivity index (χ0) is 8.97.